The van der Waals surface area contributed by atoms with Gasteiger partial charge in [0.25, 0.3) is 11.6 Å². The van der Waals surface area contributed by atoms with Gasteiger partial charge < -0.3 is 10.4 Å². The van der Waals surface area contributed by atoms with Crippen LogP contribution in [-0.4, -0.2) is 27.9 Å². The van der Waals surface area contributed by atoms with Gasteiger partial charge in [0.05, 0.1) is 17.4 Å². The van der Waals surface area contributed by atoms with Crippen LogP contribution in [0.5, 0.6) is 0 Å². The number of carbonyl (C=O) groups excluding carboxylic acids is 1. The number of halogens is 1. The van der Waals surface area contributed by atoms with Crippen LogP contribution in [0.1, 0.15) is 23.7 Å². The maximum absolute atomic E-state index is 13.1. The molecule has 19 heavy (non-hydrogen) atoms. The van der Waals surface area contributed by atoms with Gasteiger partial charge >= 0.3 is 5.97 Å². The third kappa shape index (κ3) is 4.34. The van der Waals surface area contributed by atoms with E-state index in [0.29, 0.717) is 6.07 Å². The standard InChI is InChI=1S/C11H11FN2O5/c1-6(2-10(15)16)13-11(17)7-3-8(12)5-9(4-7)14(18)19/h3-6H,2H2,1H3,(H,13,17)(H,15,16). The van der Waals surface area contributed by atoms with Gasteiger partial charge in [-0.3, -0.25) is 19.7 Å². The molecule has 0 aliphatic rings. The van der Waals surface area contributed by atoms with Crippen molar-refractivity contribution in [1.82, 2.24) is 5.32 Å². The van der Waals surface area contributed by atoms with Gasteiger partial charge in [-0.05, 0) is 13.0 Å². The number of hydrogen-bond donors (Lipinski definition) is 2. The van der Waals surface area contributed by atoms with Crippen molar-refractivity contribution in [2.45, 2.75) is 19.4 Å². The van der Waals surface area contributed by atoms with Crippen LogP contribution >= 0.6 is 0 Å². The summed E-state index contributed by atoms with van der Waals surface area (Å²) in [6, 6.07) is 1.78. The molecule has 7 nitrogen and oxygen atoms in total. The summed E-state index contributed by atoms with van der Waals surface area (Å²) in [5.74, 6) is -2.78. The summed E-state index contributed by atoms with van der Waals surface area (Å²) in [5, 5.41) is 21.4. The van der Waals surface area contributed by atoms with Crippen LogP contribution in [0.4, 0.5) is 10.1 Å². The van der Waals surface area contributed by atoms with Crippen molar-refractivity contribution < 1.29 is 24.0 Å². The van der Waals surface area contributed by atoms with E-state index in [1.165, 1.54) is 6.92 Å². The van der Waals surface area contributed by atoms with E-state index in [1.807, 2.05) is 0 Å². The largest absolute Gasteiger partial charge is 0.481 e. The van der Waals surface area contributed by atoms with Crippen molar-refractivity contribution >= 4 is 17.6 Å². The molecule has 0 saturated carbocycles. The fourth-order valence-corrected chi connectivity index (χ4v) is 1.43. The Kier molecular flexibility index (Phi) is 4.51. The Balaban J connectivity index is 2.88. The van der Waals surface area contributed by atoms with Crippen LogP contribution in [0.25, 0.3) is 0 Å². The minimum absolute atomic E-state index is 0.232. The lowest BCUT2D eigenvalue weighted by Gasteiger charge is -2.11. The van der Waals surface area contributed by atoms with Crippen molar-refractivity contribution in [3.05, 3.63) is 39.7 Å². The second kappa shape index (κ2) is 5.89. The van der Waals surface area contributed by atoms with Crippen LogP contribution in [0.2, 0.25) is 0 Å². The Morgan fingerprint density at radius 1 is 1.47 bits per heavy atom. The van der Waals surface area contributed by atoms with Gasteiger partial charge in [-0.2, -0.15) is 0 Å². The van der Waals surface area contributed by atoms with Crippen LogP contribution in [0.3, 0.4) is 0 Å². The lowest BCUT2D eigenvalue weighted by atomic mass is 10.1. The zero-order chi connectivity index (χ0) is 14.6. The normalized spacial score (nSPS) is 11.7. The molecule has 0 spiro atoms. The molecule has 0 fully saturated rings. The Labute approximate surface area is 107 Å². The molecule has 0 aromatic heterocycles. The molecule has 1 amide bonds. The molecule has 0 aliphatic heterocycles. The SMILES string of the molecule is CC(CC(=O)O)NC(=O)c1cc(F)cc([N+](=O)[O-])c1. The molecule has 0 bridgehead atoms. The number of carboxylic acid groups (broad SMARTS) is 1. The average molecular weight is 270 g/mol. The van der Waals surface area contributed by atoms with Crippen LogP contribution in [0.15, 0.2) is 18.2 Å². The van der Waals surface area contributed by atoms with E-state index in [1.54, 1.807) is 0 Å². The van der Waals surface area contributed by atoms with E-state index in [9.17, 15) is 24.1 Å². The summed E-state index contributed by atoms with van der Waals surface area (Å²) in [6.07, 6.45) is -0.302. The minimum Gasteiger partial charge on any atom is -0.481 e. The van der Waals surface area contributed by atoms with Crippen molar-refractivity contribution in [1.29, 1.82) is 0 Å². The number of rotatable bonds is 5. The number of hydrogen-bond acceptors (Lipinski definition) is 4. The number of nitrogens with zero attached hydrogens (tertiary/aromatic N) is 1. The molecule has 102 valence electrons. The van der Waals surface area contributed by atoms with Gasteiger partial charge in [-0.15, -0.1) is 0 Å². The molecule has 0 aliphatic carbocycles. The lowest BCUT2D eigenvalue weighted by molar-refractivity contribution is -0.385. The second-order valence-corrected chi connectivity index (χ2v) is 3.93. The zero-order valence-corrected chi connectivity index (χ0v) is 9.92. The van der Waals surface area contributed by atoms with Gasteiger partial charge in [-0.25, -0.2) is 4.39 Å². The van der Waals surface area contributed by atoms with E-state index in [-0.39, 0.29) is 12.0 Å². The fraction of sp³-hybridized carbons (Fsp3) is 0.273. The number of carboxylic acids is 1. The maximum atomic E-state index is 13.1. The monoisotopic (exact) mass is 270 g/mol. The predicted octanol–water partition coefficient (Wildman–Crippen LogP) is 1.33. The van der Waals surface area contributed by atoms with E-state index in [0.717, 1.165) is 12.1 Å². The molecule has 0 radical (unpaired) electrons. The summed E-state index contributed by atoms with van der Waals surface area (Å²) >= 11 is 0. The molecule has 8 heteroatoms. The number of amides is 1. The number of benzene rings is 1. The lowest BCUT2D eigenvalue weighted by Crippen LogP contribution is -2.34. The van der Waals surface area contributed by atoms with Gasteiger partial charge in [0.15, 0.2) is 0 Å². The third-order valence-corrected chi connectivity index (χ3v) is 2.21. The van der Waals surface area contributed by atoms with Crippen molar-refractivity contribution in [2.24, 2.45) is 0 Å². The van der Waals surface area contributed by atoms with Gasteiger partial charge in [0.2, 0.25) is 0 Å². The van der Waals surface area contributed by atoms with Gasteiger partial charge in [0.1, 0.15) is 5.82 Å². The predicted molar refractivity (Wildman–Crippen MR) is 62.2 cm³/mol. The molecule has 1 unspecified atom stereocenters. The molecule has 1 aromatic rings. The second-order valence-electron chi connectivity index (χ2n) is 3.93. The number of aliphatic carboxylic acids is 1. The highest BCUT2D eigenvalue weighted by molar-refractivity contribution is 5.95. The molecule has 2 N–H and O–H groups in total. The number of nitrogens with one attached hydrogen (secondary N) is 1. The topological polar surface area (TPSA) is 110 Å². The summed E-state index contributed by atoms with van der Waals surface area (Å²) in [4.78, 5) is 31.8. The number of carbonyl (C=O) groups is 2. The van der Waals surface area contributed by atoms with E-state index < -0.39 is 34.3 Å². The van der Waals surface area contributed by atoms with Gasteiger partial charge in [-0.1, -0.05) is 0 Å². The third-order valence-electron chi connectivity index (χ3n) is 2.21. The van der Waals surface area contributed by atoms with Crippen LogP contribution < -0.4 is 5.32 Å². The number of nitro benzene ring substituents is 1. The number of non-ortho nitro benzene ring substituents is 1. The molecule has 1 atom stereocenters. The van der Waals surface area contributed by atoms with E-state index in [2.05, 4.69) is 5.32 Å². The van der Waals surface area contributed by atoms with E-state index >= 15 is 0 Å². The van der Waals surface area contributed by atoms with Crippen molar-refractivity contribution in [3.8, 4) is 0 Å². The summed E-state index contributed by atoms with van der Waals surface area (Å²) in [6.45, 7) is 1.46. The Morgan fingerprint density at radius 2 is 2.11 bits per heavy atom. The highest BCUT2D eigenvalue weighted by Gasteiger charge is 2.17. The van der Waals surface area contributed by atoms with Crippen LogP contribution in [0, 0.1) is 15.9 Å². The summed E-state index contributed by atoms with van der Waals surface area (Å²) in [5.41, 5.74) is -0.778. The minimum atomic E-state index is -1.10. The molecule has 1 aromatic carbocycles. The first-order valence-electron chi connectivity index (χ1n) is 5.27. The molecule has 0 heterocycles. The Morgan fingerprint density at radius 3 is 2.63 bits per heavy atom. The first kappa shape index (κ1) is 14.6. The van der Waals surface area contributed by atoms with Crippen molar-refractivity contribution in [3.63, 3.8) is 0 Å². The quantitative estimate of drug-likeness (QED) is 0.619. The molecular weight excluding hydrogens is 259 g/mol. The Hall–Kier alpha value is -2.51. The summed E-state index contributed by atoms with van der Waals surface area (Å²) < 4.78 is 13.1. The average Bonchev–Trinajstić information content (AvgIpc) is 2.26. The first-order chi connectivity index (χ1) is 8.79. The highest BCUT2D eigenvalue weighted by Crippen LogP contribution is 2.16. The van der Waals surface area contributed by atoms with Gasteiger partial charge in [0, 0.05) is 17.7 Å². The van der Waals surface area contributed by atoms with Crippen LogP contribution in [-0.2, 0) is 4.79 Å². The highest BCUT2D eigenvalue weighted by atomic mass is 19.1. The smallest absolute Gasteiger partial charge is 0.305 e. The number of nitro groups is 1. The molecule has 1 rings (SSSR count). The molecule has 0 saturated heterocycles. The fourth-order valence-electron chi connectivity index (χ4n) is 1.43. The van der Waals surface area contributed by atoms with Crippen molar-refractivity contribution in [2.75, 3.05) is 0 Å². The van der Waals surface area contributed by atoms with E-state index in [4.69, 9.17) is 5.11 Å². The Bertz CT molecular complexity index is 532. The molecular formula is C11H11FN2O5. The maximum Gasteiger partial charge on any atom is 0.305 e. The zero-order valence-electron chi connectivity index (χ0n) is 9.92. The first-order valence-corrected chi connectivity index (χ1v) is 5.27. The summed E-state index contributed by atoms with van der Waals surface area (Å²) in [7, 11) is 0.